The van der Waals surface area contributed by atoms with Crippen molar-refractivity contribution in [3.05, 3.63) is 24.3 Å². The summed E-state index contributed by atoms with van der Waals surface area (Å²) in [6.45, 7) is 2.28. The van der Waals surface area contributed by atoms with Crippen molar-refractivity contribution in [2.45, 2.75) is 18.9 Å². The highest BCUT2D eigenvalue weighted by molar-refractivity contribution is 5.81. The number of hydrogen-bond acceptors (Lipinski definition) is 4. The minimum absolute atomic E-state index is 0.0499. The van der Waals surface area contributed by atoms with E-state index in [0.717, 1.165) is 25.9 Å². The van der Waals surface area contributed by atoms with Gasteiger partial charge in [0.25, 0.3) is 5.91 Å². The molecule has 25 heavy (non-hydrogen) atoms. The van der Waals surface area contributed by atoms with Crippen molar-refractivity contribution < 1.29 is 19.1 Å². The Bertz CT molecular complexity index is 627. The van der Waals surface area contributed by atoms with Crippen LogP contribution in [-0.2, 0) is 4.79 Å². The van der Waals surface area contributed by atoms with Gasteiger partial charge in [0.05, 0.1) is 0 Å². The number of ether oxygens (including phenoxy) is 2. The molecule has 0 saturated carbocycles. The van der Waals surface area contributed by atoms with E-state index in [0.29, 0.717) is 24.0 Å². The molecule has 0 spiro atoms. The Labute approximate surface area is 147 Å². The number of urea groups is 1. The van der Waals surface area contributed by atoms with Gasteiger partial charge >= 0.3 is 6.03 Å². The predicted molar refractivity (Wildman–Crippen MR) is 92.7 cm³/mol. The zero-order chi connectivity index (χ0) is 17.8. The van der Waals surface area contributed by atoms with Gasteiger partial charge in [-0.15, -0.1) is 0 Å². The first-order chi connectivity index (χ1) is 12.0. The number of nitrogens with one attached hydrogen (secondary N) is 1. The van der Waals surface area contributed by atoms with Crippen LogP contribution in [0.4, 0.5) is 4.79 Å². The van der Waals surface area contributed by atoms with Crippen molar-refractivity contribution >= 4 is 11.9 Å². The molecule has 1 N–H and O–H groups in total. The molecule has 1 fully saturated rings. The normalized spacial score (nSPS) is 20.1. The van der Waals surface area contributed by atoms with E-state index in [2.05, 4.69) is 5.32 Å². The quantitative estimate of drug-likeness (QED) is 0.896. The molecular weight excluding hydrogens is 322 g/mol. The molecule has 2 heterocycles. The lowest BCUT2D eigenvalue weighted by molar-refractivity contribution is -0.130. The van der Waals surface area contributed by atoms with E-state index >= 15 is 0 Å². The second-order valence-electron chi connectivity index (χ2n) is 6.72. The topological polar surface area (TPSA) is 71.1 Å². The fourth-order valence-electron chi connectivity index (χ4n) is 3.12. The summed E-state index contributed by atoms with van der Waals surface area (Å²) in [5, 5.41) is 2.96. The van der Waals surface area contributed by atoms with E-state index < -0.39 is 6.10 Å². The number of carbonyl (C=O) groups excluding carboxylic acids is 2. The van der Waals surface area contributed by atoms with Gasteiger partial charge in [-0.05, 0) is 30.9 Å². The highest BCUT2D eigenvalue weighted by Gasteiger charge is 2.29. The third-order valence-electron chi connectivity index (χ3n) is 4.63. The summed E-state index contributed by atoms with van der Waals surface area (Å²) in [5.74, 6) is 1.50. The maximum atomic E-state index is 12.3. The molecule has 1 atom stereocenters. The van der Waals surface area contributed by atoms with Crippen molar-refractivity contribution in [1.29, 1.82) is 0 Å². The minimum atomic E-state index is -0.620. The minimum Gasteiger partial charge on any atom is -0.485 e. The van der Waals surface area contributed by atoms with Crippen LogP contribution < -0.4 is 14.8 Å². The van der Waals surface area contributed by atoms with Gasteiger partial charge < -0.3 is 24.6 Å². The second-order valence-corrected chi connectivity index (χ2v) is 6.72. The lowest BCUT2D eigenvalue weighted by Gasteiger charge is -2.34. The second kappa shape index (κ2) is 7.63. The maximum Gasteiger partial charge on any atom is 0.319 e. The van der Waals surface area contributed by atoms with Crippen LogP contribution in [0, 0.1) is 5.92 Å². The smallest absolute Gasteiger partial charge is 0.319 e. The lowest BCUT2D eigenvalue weighted by Crippen LogP contribution is -2.48. The van der Waals surface area contributed by atoms with E-state index in [4.69, 9.17) is 9.47 Å². The maximum absolute atomic E-state index is 12.3. The van der Waals surface area contributed by atoms with Crippen molar-refractivity contribution in [2.75, 3.05) is 40.3 Å². The monoisotopic (exact) mass is 347 g/mol. The number of benzene rings is 1. The molecule has 7 nitrogen and oxygen atoms in total. The summed E-state index contributed by atoms with van der Waals surface area (Å²) >= 11 is 0. The number of hydrogen-bond donors (Lipinski definition) is 1. The number of para-hydroxylation sites is 2. The van der Waals surface area contributed by atoms with Gasteiger partial charge in [-0.2, -0.15) is 0 Å². The molecule has 1 aromatic carbocycles. The average molecular weight is 347 g/mol. The van der Waals surface area contributed by atoms with Gasteiger partial charge in [0.1, 0.15) is 6.61 Å². The van der Waals surface area contributed by atoms with Crippen LogP contribution >= 0.6 is 0 Å². The van der Waals surface area contributed by atoms with Crippen LogP contribution in [0.5, 0.6) is 11.5 Å². The predicted octanol–water partition coefficient (Wildman–Crippen LogP) is 1.34. The number of carbonyl (C=O) groups is 2. The van der Waals surface area contributed by atoms with Gasteiger partial charge in [0, 0.05) is 33.7 Å². The van der Waals surface area contributed by atoms with E-state index in [1.54, 1.807) is 25.1 Å². The lowest BCUT2D eigenvalue weighted by atomic mass is 9.97. The fraction of sp³-hybridized carbons (Fsp3) is 0.556. The van der Waals surface area contributed by atoms with Gasteiger partial charge in [0.15, 0.2) is 11.5 Å². The van der Waals surface area contributed by atoms with Gasteiger partial charge in [-0.1, -0.05) is 12.1 Å². The van der Waals surface area contributed by atoms with Crippen LogP contribution in [0.3, 0.4) is 0 Å². The SMILES string of the molecule is CN(C)C(=O)N1CCC(CNC(=O)[C@H]2COc3ccccc3O2)CC1. The van der Waals surface area contributed by atoms with Crippen molar-refractivity contribution in [3.63, 3.8) is 0 Å². The van der Waals surface area contributed by atoms with Crippen LogP contribution in [0.25, 0.3) is 0 Å². The summed E-state index contributed by atoms with van der Waals surface area (Å²) in [5.41, 5.74) is 0. The number of amides is 3. The molecule has 3 amide bonds. The molecule has 7 heteroatoms. The molecule has 0 aromatic heterocycles. The Morgan fingerprint density at radius 2 is 1.88 bits per heavy atom. The molecular formula is C18H25N3O4. The van der Waals surface area contributed by atoms with Crippen LogP contribution in [0.2, 0.25) is 0 Å². The van der Waals surface area contributed by atoms with E-state index in [9.17, 15) is 9.59 Å². The summed E-state index contributed by atoms with van der Waals surface area (Å²) in [4.78, 5) is 27.7. The highest BCUT2D eigenvalue weighted by Crippen LogP contribution is 2.30. The number of nitrogens with zero attached hydrogens (tertiary/aromatic N) is 2. The summed E-state index contributed by atoms with van der Waals surface area (Å²) in [6, 6.07) is 7.40. The number of piperidine rings is 1. The molecule has 2 aliphatic rings. The molecule has 136 valence electrons. The summed E-state index contributed by atoms with van der Waals surface area (Å²) in [7, 11) is 3.53. The molecule has 1 aromatic rings. The Morgan fingerprint density at radius 1 is 1.20 bits per heavy atom. The van der Waals surface area contributed by atoms with Crippen molar-refractivity contribution in [2.24, 2.45) is 5.92 Å². The number of rotatable bonds is 3. The van der Waals surface area contributed by atoms with Crippen LogP contribution in [-0.4, -0.2) is 68.2 Å². The third-order valence-corrected chi connectivity index (χ3v) is 4.63. The molecule has 0 unspecified atom stereocenters. The zero-order valence-electron chi connectivity index (χ0n) is 14.7. The first-order valence-corrected chi connectivity index (χ1v) is 8.67. The molecule has 0 radical (unpaired) electrons. The van der Waals surface area contributed by atoms with Gasteiger partial charge in [-0.3, -0.25) is 4.79 Å². The molecule has 0 aliphatic carbocycles. The number of likely N-dealkylation sites (tertiary alicyclic amines) is 1. The standard InChI is InChI=1S/C18H25N3O4/c1-20(2)18(23)21-9-7-13(8-10-21)11-19-17(22)16-12-24-14-5-3-4-6-15(14)25-16/h3-6,13,16H,7-12H2,1-2H3,(H,19,22)/t16-/m1/s1. The van der Waals surface area contributed by atoms with E-state index in [1.165, 1.54) is 0 Å². The molecule has 2 aliphatic heterocycles. The largest absolute Gasteiger partial charge is 0.485 e. The molecule has 3 rings (SSSR count). The van der Waals surface area contributed by atoms with Gasteiger partial charge in [-0.25, -0.2) is 4.79 Å². The van der Waals surface area contributed by atoms with E-state index in [-0.39, 0.29) is 18.5 Å². The summed E-state index contributed by atoms with van der Waals surface area (Å²) < 4.78 is 11.3. The highest BCUT2D eigenvalue weighted by atomic mass is 16.6. The van der Waals surface area contributed by atoms with Crippen LogP contribution in [0.1, 0.15) is 12.8 Å². The van der Waals surface area contributed by atoms with Crippen LogP contribution in [0.15, 0.2) is 24.3 Å². The number of fused-ring (bicyclic) bond motifs is 1. The third kappa shape index (κ3) is 4.15. The Hall–Kier alpha value is -2.44. The molecule has 1 saturated heterocycles. The molecule has 0 bridgehead atoms. The fourth-order valence-corrected chi connectivity index (χ4v) is 3.12. The van der Waals surface area contributed by atoms with Crippen molar-refractivity contribution in [3.8, 4) is 11.5 Å². The zero-order valence-corrected chi connectivity index (χ0v) is 14.7. The Kier molecular flexibility index (Phi) is 5.31. The first kappa shape index (κ1) is 17.4. The average Bonchev–Trinajstić information content (AvgIpc) is 2.65. The van der Waals surface area contributed by atoms with Crippen molar-refractivity contribution in [1.82, 2.24) is 15.1 Å². The first-order valence-electron chi connectivity index (χ1n) is 8.67. The van der Waals surface area contributed by atoms with Gasteiger partial charge in [0.2, 0.25) is 6.10 Å². The Morgan fingerprint density at radius 3 is 2.56 bits per heavy atom. The summed E-state index contributed by atoms with van der Waals surface area (Å²) in [6.07, 6.45) is 1.17. The van der Waals surface area contributed by atoms with E-state index in [1.807, 2.05) is 23.1 Å². The Balaban J connectivity index is 1.43.